The molecule has 5 heteroatoms. The molecule has 22 heavy (non-hydrogen) atoms. The van der Waals surface area contributed by atoms with E-state index in [1.807, 2.05) is 0 Å². The molecule has 0 aliphatic carbocycles. The summed E-state index contributed by atoms with van der Waals surface area (Å²) in [5.41, 5.74) is 4.16. The van der Waals surface area contributed by atoms with Gasteiger partial charge in [-0.25, -0.2) is 0 Å². The zero-order chi connectivity index (χ0) is 14.8. The third kappa shape index (κ3) is 3.67. The van der Waals surface area contributed by atoms with Gasteiger partial charge in [0.05, 0.1) is 0 Å². The maximum absolute atomic E-state index is 3.51. The number of halogens is 1. The van der Waals surface area contributed by atoms with E-state index in [4.69, 9.17) is 0 Å². The van der Waals surface area contributed by atoms with E-state index in [-0.39, 0.29) is 12.4 Å². The highest BCUT2D eigenvalue weighted by atomic mass is 35.5. The molecule has 4 nitrogen and oxygen atoms in total. The molecule has 0 saturated carbocycles. The van der Waals surface area contributed by atoms with Gasteiger partial charge >= 0.3 is 0 Å². The fourth-order valence-electron chi connectivity index (χ4n) is 3.55. The van der Waals surface area contributed by atoms with Crippen LogP contribution in [0, 0.1) is 6.92 Å². The van der Waals surface area contributed by atoms with Gasteiger partial charge in [-0.1, -0.05) is 0 Å². The summed E-state index contributed by atoms with van der Waals surface area (Å²) in [7, 11) is 0. The fourth-order valence-corrected chi connectivity index (χ4v) is 3.55. The fraction of sp³-hybridized carbons (Fsp3) is 0.647. The zero-order valence-electron chi connectivity index (χ0n) is 13.9. The van der Waals surface area contributed by atoms with E-state index in [1.165, 1.54) is 16.9 Å². The normalized spacial score (nSPS) is 25.8. The number of hydrogen-bond donors (Lipinski definition) is 2. The molecule has 2 saturated heterocycles. The first kappa shape index (κ1) is 17.4. The number of nitrogens with zero attached hydrogens (tertiary/aromatic N) is 2. The zero-order valence-corrected chi connectivity index (χ0v) is 14.7. The van der Waals surface area contributed by atoms with Gasteiger partial charge in [0.25, 0.3) is 0 Å². The first-order chi connectivity index (χ1) is 10.1. The molecule has 1 aromatic carbocycles. The third-order valence-corrected chi connectivity index (χ3v) is 4.72. The predicted octanol–water partition coefficient (Wildman–Crippen LogP) is 2.01. The summed E-state index contributed by atoms with van der Waals surface area (Å²) in [6.07, 6.45) is 0. The molecule has 0 amide bonds. The van der Waals surface area contributed by atoms with Crippen molar-refractivity contribution in [1.29, 1.82) is 0 Å². The number of nitrogens with one attached hydrogen (secondary N) is 2. The van der Waals surface area contributed by atoms with E-state index in [2.05, 4.69) is 59.4 Å². The molecule has 2 heterocycles. The summed E-state index contributed by atoms with van der Waals surface area (Å²) >= 11 is 0. The molecule has 0 unspecified atom stereocenters. The Morgan fingerprint density at radius 2 is 1.95 bits per heavy atom. The standard InChI is InChI=1S/C17H28N4.ClH/c1-13-10-16(21-9-6-18-11-15(21)3)4-5-17(13)20-8-7-19-14(2)12-20;/h4-5,10,14-15,18-19H,6-9,11-12H2,1-3H3;1H/t14-,15-;/m1./s1. The van der Waals surface area contributed by atoms with Crippen molar-refractivity contribution in [2.24, 2.45) is 0 Å². The van der Waals surface area contributed by atoms with Crippen LogP contribution in [-0.2, 0) is 0 Å². The molecule has 3 rings (SSSR count). The molecule has 0 bridgehead atoms. The Labute approximate surface area is 140 Å². The van der Waals surface area contributed by atoms with Crippen molar-refractivity contribution in [2.75, 3.05) is 49.1 Å². The Hall–Kier alpha value is -0.970. The van der Waals surface area contributed by atoms with Crippen LogP contribution in [0.3, 0.4) is 0 Å². The van der Waals surface area contributed by atoms with E-state index < -0.39 is 0 Å². The smallest absolute Gasteiger partial charge is 0.0398 e. The van der Waals surface area contributed by atoms with Gasteiger partial charge in [-0.05, 0) is 44.5 Å². The lowest BCUT2D eigenvalue weighted by Crippen LogP contribution is -2.50. The summed E-state index contributed by atoms with van der Waals surface area (Å²) < 4.78 is 0. The Kier molecular flexibility index (Phi) is 5.95. The van der Waals surface area contributed by atoms with E-state index in [0.717, 1.165) is 39.3 Å². The molecule has 2 aliphatic rings. The number of piperazine rings is 2. The average molecular weight is 325 g/mol. The van der Waals surface area contributed by atoms with Crippen LogP contribution < -0.4 is 20.4 Å². The van der Waals surface area contributed by atoms with Crippen LogP contribution in [-0.4, -0.2) is 51.4 Å². The Morgan fingerprint density at radius 3 is 2.64 bits per heavy atom. The Bertz CT molecular complexity index is 494. The van der Waals surface area contributed by atoms with Crippen molar-refractivity contribution >= 4 is 23.8 Å². The summed E-state index contributed by atoms with van der Waals surface area (Å²) in [4.78, 5) is 5.04. The molecular weight excluding hydrogens is 296 g/mol. The Balaban J connectivity index is 0.00000176. The van der Waals surface area contributed by atoms with Crippen LogP contribution in [0.15, 0.2) is 18.2 Å². The first-order valence-electron chi connectivity index (χ1n) is 8.21. The van der Waals surface area contributed by atoms with E-state index >= 15 is 0 Å². The molecule has 2 aliphatic heterocycles. The monoisotopic (exact) mass is 324 g/mol. The Morgan fingerprint density at radius 1 is 1.14 bits per heavy atom. The van der Waals surface area contributed by atoms with Crippen LogP contribution >= 0.6 is 12.4 Å². The van der Waals surface area contributed by atoms with Crippen LogP contribution in [0.4, 0.5) is 11.4 Å². The van der Waals surface area contributed by atoms with Crippen LogP contribution in [0.1, 0.15) is 19.4 Å². The van der Waals surface area contributed by atoms with Crippen LogP contribution in [0.25, 0.3) is 0 Å². The quantitative estimate of drug-likeness (QED) is 0.871. The summed E-state index contributed by atoms with van der Waals surface area (Å²) in [6, 6.07) is 8.13. The van der Waals surface area contributed by atoms with Gasteiger partial charge in [0.1, 0.15) is 0 Å². The molecule has 2 N–H and O–H groups in total. The van der Waals surface area contributed by atoms with Crippen molar-refractivity contribution in [1.82, 2.24) is 10.6 Å². The summed E-state index contributed by atoms with van der Waals surface area (Å²) in [6.45, 7) is 13.4. The van der Waals surface area contributed by atoms with Crippen molar-refractivity contribution in [3.63, 3.8) is 0 Å². The molecule has 2 atom stereocenters. The number of rotatable bonds is 2. The predicted molar refractivity (Wildman–Crippen MR) is 97.8 cm³/mol. The second-order valence-corrected chi connectivity index (χ2v) is 6.52. The van der Waals surface area contributed by atoms with Gasteiger partial charge in [-0.3, -0.25) is 0 Å². The topological polar surface area (TPSA) is 30.5 Å². The van der Waals surface area contributed by atoms with Gasteiger partial charge in [0.2, 0.25) is 0 Å². The van der Waals surface area contributed by atoms with Crippen molar-refractivity contribution in [2.45, 2.75) is 32.9 Å². The molecule has 0 aromatic heterocycles. The molecule has 1 aromatic rings. The highest BCUT2D eigenvalue weighted by molar-refractivity contribution is 5.85. The minimum Gasteiger partial charge on any atom is -0.368 e. The van der Waals surface area contributed by atoms with E-state index in [9.17, 15) is 0 Å². The average Bonchev–Trinajstić information content (AvgIpc) is 2.47. The third-order valence-electron chi connectivity index (χ3n) is 4.72. The van der Waals surface area contributed by atoms with Crippen molar-refractivity contribution in [3.05, 3.63) is 23.8 Å². The van der Waals surface area contributed by atoms with Crippen molar-refractivity contribution < 1.29 is 0 Å². The highest BCUT2D eigenvalue weighted by Crippen LogP contribution is 2.27. The second-order valence-electron chi connectivity index (χ2n) is 6.52. The number of aryl methyl sites for hydroxylation is 1. The lowest BCUT2D eigenvalue weighted by Gasteiger charge is -2.37. The number of hydrogen-bond acceptors (Lipinski definition) is 4. The molecular formula is C17H29ClN4. The number of benzene rings is 1. The van der Waals surface area contributed by atoms with Crippen LogP contribution in [0.2, 0.25) is 0 Å². The van der Waals surface area contributed by atoms with Crippen LogP contribution in [0.5, 0.6) is 0 Å². The van der Waals surface area contributed by atoms with Gasteiger partial charge in [-0.2, -0.15) is 0 Å². The minimum atomic E-state index is 0. The first-order valence-corrected chi connectivity index (χ1v) is 8.21. The van der Waals surface area contributed by atoms with Gasteiger partial charge < -0.3 is 20.4 Å². The SMILES string of the molecule is Cc1cc(N2CCNC[C@H]2C)ccc1N1CCN[C@H](C)C1.Cl. The number of anilines is 2. The molecule has 2 fully saturated rings. The molecule has 124 valence electrons. The maximum atomic E-state index is 3.51. The minimum absolute atomic E-state index is 0. The molecule has 0 spiro atoms. The molecule has 0 radical (unpaired) electrons. The van der Waals surface area contributed by atoms with E-state index in [0.29, 0.717) is 12.1 Å². The van der Waals surface area contributed by atoms with E-state index in [1.54, 1.807) is 0 Å². The van der Waals surface area contributed by atoms with Crippen molar-refractivity contribution in [3.8, 4) is 0 Å². The van der Waals surface area contributed by atoms with Gasteiger partial charge in [0, 0.05) is 62.7 Å². The lowest BCUT2D eigenvalue weighted by atomic mass is 10.1. The summed E-state index contributed by atoms with van der Waals surface area (Å²) in [5.74, 6) is 0. The lowest BCUT2D eigenvalue weighted by molar-refractivity contribution is 0.484. The highest BCUT2D eigenvalue weighted by Gasteiger charge is 2.21. The second kappa shape index (κ2) is 7.53. The van der Waals surface area contributed by atoms with Gasteiger partial charge in [-0.15, -0.1) is 12.4 Å². The maximum Gasteiger partial charge on any atom is 0.0398 e. The summed E-state index contributed by atoms with van der Waals surface area (Å²) in [5, 5.41) is 6.97. The largest absolute Gasteiger partial charge is 0.368 e. The van der Waals surface area contributed by atoms with Gasteiger partial charge in [0.15, 0.2) is 0 Å².